The Bertz CT molecular complexity index is 577. The lowest BCUT2D eigenvalue weighted by Gasteiger charge is -2.14. The molecule has 0 aliphatic carbocycles. The number of amides is 1. The highest BCUT2D eigenvalue weighted by Gasteiger charge is 2.15. The normalized spacial score (nSPS) is 12.1. The Morgan fingerprint density at radius 1 is 1.36 bits per heavy atom. The summed E-state index contributed by atoms with van der Waals surface area (Å²) in [5.41, 5.74) is 1.08. The quantitative estimate of drug-likeness (QED) is 0.781. The van der Waals surface area contributed by atoms with E-state index in [1.54, 1.807) is 30.6 Å². The monoisotopic (exact) mass is 303 g/mol. The third-order valence-corrected chi connectivity index (χ3v) is 3.49. The lowest BCUT2D eigenvalue weighted by molar-refractivity contribution is 0.0934. The summed E-state index contributed by atoms with van der Waals surface area (Å²) in [4.78, 5) is 16.0. The molecule has 0 spiro atoms. The molecule has 2 aromatic rings. The highest BCUT2D eigenvalue weighted by atomic mass is 16.5. The zero-order valence-electron chi connectivity index (χ0n) is 12.7. The topological polar surface area (TPSA) is 88.2 Å². The molecule has 22 heavy (non-hydrogen) atoms. The van der Waals surface area contributed by atoms with Crippen LogP contribution in [0.1, 0.15) is 36.7 Å². The van der Waals surface area contributed by atoms with E-state index in [0.717, 1.165) is 18.4 Å². The van der Waals surface area contributed by atoms with E-state index < -0.39 is 0 Å². The Morgan fingerprint density at radius 2 is 2.14 bits per heavy atom. The molecule has 0 fully saturated rings. The SMILES string of the molecule is CCCC(CCO)CNC(=O)c1cc(-c2ccncc2)on1. The largest absolute Gasteiger partial charge is 0.396 e. The molecule has 0 aliphatic heterocycles. The molecule has 0 saturated heterocycles. The number of carbonyl (C=O) groups excluding carboxylic acids is 1. The number of aromatic nitrogens is 2. The van der Waals surface area contributed by atoms with Crippen molar-refractivity contribution >= 4 is 5.91 Å². The third-order valence-electron chi connectivity index (χ3n) is 3.49. The highest BCUT2D eigenvalue weighted by Crippen LogP contribution is 2.19. The van der Waals surface area contributed by atoms with E-state index >= 15 is 0 Å². The van der Waals surface area contributed by atoms with Gasteiger partial charge in [-0.15, -0.1) is 0 Å². The minimum absolute atomic E-state index is 0.136. The Hall–Kier alpha value is -2.21. The molecule has 2 rings (SSSR count). The third kappa shape index (κ3) is 4.39. The molecule has 1 amide bonds. The van der Waals surface area contributed by atoms with Crippen LogP contribution in [0.5, 0.6) is 0 Å². The molecule has 2 heterocycles. The lowest BCUT2D eigenvalue weighted by atomic mass is 10.0. The number of carbonyl (C=O) groups is 1. The van der Waals surface area contributed by atoms with Crippen molar-refractivity contribution in [2.75, 3.05) is 13.2 Å². The molecule has 0 bridgehead atoms. The zero-order valence-corrected chi connectivity index (χ0v) is 12.7. The van der Waals surface area contributed by atoms with E-state index in [9.17, 15) is 4.79 Å². The molecule has 1 atom stereocenters. The zero-order chi connectivity index (χ0) is 15.8. The van der Waals surface area contributed by atoms with Gasteiger partial charge in [0.15, 0.2) is 11.5 Å². The summed E-state index contributed by atoms with van der Waals surface area (Å²) >= 11 is 0. The smallest absolute Gasteiger partial charge is 0.273 e. The molecule has 2 N–H and O–H groups in total. The number of aliphatic hydroxyl groups excluding tert-OH is 1. The summed E-state index contributed by atoms with van der Waals surface area (Å²) < 4.78 is 5.20. The van der Waals surface area contributed by atoms with E-state index in [1.165, 1.54) is 0 Å². The summed E-state index contributed by atoms with van der Waals surface area (Å²) in [6.45, 7) is 2.76. The fourth-order valence-corrected chi connectivity index (χ4v) is 2.30. The van der Waals surface area contributed by atoms with Crippen LogP contribution in [0, 0.1) is 5.92 Å². The maximum absolute atomic E-state index is 12.1. The Kier molecular flexibility index (Phi) is 6.09. The van der Waals surface area contributed by atoms with Gasteiger partial charge in [-0.25, -0.2) is 0 Å². The van der Waals surface area contributed by atoms with Gasteiger partial charge < -0.3 is 14.9 Å². The van der Waals surface area contributed by atoms with Gasteiger partial charge in [-0.1, -0.05) is 18.5 Å². The first kappa shape index (κ1) is 16.2. The molecule has 6 heteroatoms. The van der Waals surface area contributed by atoms with Gasteiger partial charge in [0.2, 0.25) is 0 Å². The highest BCUT2D eigenvalue weighted by molar-refractivity contribution is 5.93. The average Bonchev–Trinajstić information content (AvgIpc) is 3.04. The van der Waals surface area contributed by atoms with Crippen molar-refractivity contribution in [3.63, 3.8) is 0 Å². The second-order valence-corrected chi connectivity index (χ2v) is 5.19. The number of rotatable bonds is 8. The molecule has 0 radical (unpaired) electrons. The molecular formula is C16H21N3O3. The van der Waals surface area contributed by atoms with Crippen molar-refractivity contribution in [3.8, 4) is 11.3 Å². The summed E-state index contributed by atoms with van der Waals surface area (Å²) in [6.07, 6.45) is 6.00. The van der Waals surface area contributed by atoms with Gasteiger partial charge in [0, 0.05) is 37.2 Å². The number of aliphatic hydroxyl groups is 1. The molecule has 2 aromatic heterocycles. The fourth-order valence-electron chi connectivity index (χ4n) is 2.30. The van der Waals surface area contributed by atoms with E-state index in [0.29, 0.717) is 18.7 Å². The minimum Gasteiger partial charge on any atom is -0.396 e. The number of pyridine rings is 1. The summed E-state index contributed by atoms with van der Waals surface area (Å²) in [5, 5.41) is 15.7. The van der Waals surface area contributed by atoms with Gasteiger partial charge in [-0.2, -0.15) is 0 Å². The van der Waals surface area contributed by atoms with Gasteiger partial charge in [0.25, 0.3) is 5.91 Å². The molecular weight excluding hydrogens is 282 g/mol. The van der Waals surface area contributed by atoms with Crippen molar-refractivity contribution in [1.29, 1.82) is 0 Å². The van der Waals surface area contributed by atoms with Crippen LogP contribution in [0.2, 0.25) is 0 Å². The molecule has 0 saturated carbocycles. The van der Waals surface area contributed by atoms with Gasteiger partial charge in [0.1, 0.15) is 0 Å². The number of nitrogens with zero attached hydrogens (tertiary/aromatic N) is 2. The molecule has 1 unspecified atom stereocenters. The maximum atomic E-state index is 12.1. The van der Waals surface area contributed by atoms with Crippen molar-refractivity contribution in [3.05, 3.63) is 36.3 Å². The summed E-state index contributed by atoms with van der Waals surface area (Å²) in [5.74, 6) is 0.557. The van der Waals surface area contributed by atoms with Crippen LogP contribution in [0.15, 0.2) is 35.1 Å². The van der Waals surface area contributed by atoms with Gasteiger partial charge >= 0.3 is 0 Å². The molecule has 0 aliphatic rings. The van der Waals surface area contributed by atoms with E-state index in [4.69, 9.17) is 9.63 Å². The first-order valence-corrected chi connectivity index (χ1v) is 7.50. The summed E-state index contributed by atoms with van der Waals surface area (Å²) in [7, 11) is 0. The van der Waals surface area contributed by atoms with Crippen LogP contribution in [-0.2, 0) is 0 Å². The van der Waals surface area contributed by atoms with Crippen molar-refractivity contribution in [2.24, 2.45) is 5.92 Å². The van der Waals surface area contributed by atoms with Crippen LogP contribution in [-0.4, -0.2) is 34.3 Å². The number of hydrogen-bond donors (Lipinski definition) is 2. The molecule has 0 aromatic carbocycles. The molecule has 118 valence electrons. The number of hydrogen-bond acceptors (Lipinski definition) is 5. The van der Waals surface area contributed by atoms with Crippen LogP contribution in [0.3, 0.4) is 0 Å². The first-order chi connectivity index (χ1) is 10.7. The second kappa shape index (κ2) is 8.29. The maximum Gasteiger partial charge on any atom is 0.273 e. The van der Waals surface area contributed by atoms with Crippen LogP contribution >= 0.6 is 0 Å². The fraction of sp³-hybridized carbons (Fsp3) is 0.438. The predicted octanol–water partition coefficient (Wildman–Crippen LogP) is 2.27. The van der Waals surface area contributed by atoms with E-state index in [2.05, 4.69) is 22.4 Å². The lowest BCUT2D eigenvalue weighted by Crippen LogP contribution is -2.30. The second-order valence-electron chi connectivity index (χ2n) is 5.19. The average molecular weight is 303 g/mol. The van der Waals surface area contributed by atoms with Crippen LogP contribution in [0.4, 0.5) is 0 Å². The van der Waals surface area contributed by atoms with Crippen LogP contribution in [0.25, 0.3) is 11.3 Å². The van der Waals surface area contributed by atoms with E-state index in [1.807, 2.05) is 0 Å². The predicted molar refractivity (Wildman–Crippen MR) is 82.2 cm³/mol. The number of nitrogens with one attached hydrogen (secondary N) is 1. The van der Waals surface area contributed by atoms with Crippen LogP contribution < -0.4 is 5.32 Å². The van der Waals surface area contributed by atoms with Crippen molar-refractivity contribution in [1.82, 2.24) is 15.5 Å². The first-order valence-electron chi connectivity index (χ1n) is 7.50. The summed E-state index contributed by atoms with van der Waals surface area (Å²) in [6, 6.07) is 5.20. The standard InChI is InChI=1S/C16H21N3O3/c1-2-3-12(6-9-20)11-18-16(21)14-10-15(22-19-14)13-4-7-17-8-5-13/h4-5,7-8,10,12,20H,2-3,6,9,11H2,1H3,(H,18,21). The molecule has 6 nitrogen and oxygen atoms in total. The Labute approximate surface area is 129 Å². The Morgan fingerprint density at radius 3 is 2.82 bits per heavy atom. The van der Waals surface area contributed by atoms with Crippen molar-refractivity contribution < 1.29 is 14.4 Å². The van der Waals surface area contributed by atoms with Gasteiger partial charge in [-0.3, -0.25) is 9.78 Å². The Balaban J connectivity index is 1.94. The minimum atomic E-state index is -0.261. The van der Waals surface area contributed by atoms with Gasteiger partial charge in [0.05, 0.1) is 0 Å². The van der Waals surface area contributed by atoms with Crippen molar-refractivity contribution in [2.45, 2.75) is 26.2 Å². The van der Waals surface area contributed by atoms with E-state index in [-0.39, 0.29) is 24.1 Å². The van der Waals surface area contributed by atoms with Gasteiger partial charge in [-0.05, 0) is 30.9 Å².